The maximum absolute atomic E-state index is 11.1. The zero-order valence-electron chi connectivity index (χ0n) is 9.28. The number of carbonyl (C=O) groups is 4. The summed E-state index contributed by atoms with van der Waals surface area (Å²) in [6.45, 7) is 2.53. The molecule has 0 rings (SSSR count). The number of esters is 2. The van der Waals surface area contributed by atoms with Crippen LogP contribution in [0.5, 0.6) is 0 Å². The van der Waals surface area contributed by atoms with Crippen molar-refractivity contribution in [1.29, 1.82) is 0 Å². The van der Waals surface area contributed by atoms with Gasteiger partial charge in [-0.1, -0.05) is 0 Å². The normalized spacial score (nSPS) is 9.38. The Morgan fingerprint density at radius 2 is 1.56 bits per heavy atom. The Bertz CT molecular complexity index is 294. The van der Waals surface area contributed by atoms with Crippen molar-refractivity contribution in [3.8, 4) is 0 Å². The van der Waals surface area contributed by atoms with Crippen molar-refractivity contribution in [1.82, 2.24) is 0 Å². The van der Waals surface area contributed by atoms with Crippen LogP contribution < -0.4 is 0 Å². The highest BCUT2D eigenvalue weighted by Crippen LogP contribution is 1.95. The van der Waals surface area contributed by atoms with E-state index < -0.39 is 43.0 Å². The van der Waals surface area contributed by atoms with Crippen LogP contribution >= 0.6 is 0 Å². The lowest BCUT2D eigenvalue weighted by atomic mass is 10.1. The molecule has 0 heterocycles. The lowest BCUT2D eigenvalue weighted by Crippen LogP contribution is -2.18. The molecule has 0 N–H and O–H groups in total. The van der Waals surface area contributed by atoms with Gasteiger partial charge in [0, 0.05) is 6.92 Å². The molecule has 0 bridgehead atoms. The molecule has 0 aliphatic rings. The fourth-order valence-electron chi connectivity index (χ4n) is 0.889. The number of ketones is 2. The molecule has 0 fully saturated rings. The second kappa shape index (κ2) is 7.56. The largest absolute Gasteiger partial charge is 0.466 e. The molecular formula is C10H14O6. The van der Waals surface area contributed by atoms with Crippen LogP contribution in [0.2, 0.25) is 0 Å². The van der Waals surface area contributed by atoms with Gasteiger partial charge in [0.05, 0.1) is 13.0 Å². The first-order chi connectivity index (χ1) is 7.45. The van der Waals surface area contributed by atoms with E-state index >= 15 is 0 Å². The van der Waals surface area contributed by atoms with Crippen molar-refractivity contribution in [3.05, 3.63) is 0 Å². The first-order valence-electron chi connectivity index (χ1n) is 4.78. The Morgan fingerprint density at radius 3 is 2.06 bits per heavy atom. The summed E-state index contributed by atoms with van der Waals surface area (Å²) in [5.74, 6) is -2.33. The summed E-state index contributed by atoms with van der Waals surface area (Å²) in [4.78, 5) is 43.4. The van der Waals surface area contributed by atoms with E-state index in [4.69, 9.17) is 0 Å². The van der Waals surface area contributed by atoms with Gasteiger partial charge in [-0.25, -0.2) is 0 Å². The Labute approximate surface area is 92.9 Å². The molecule has 0 radical (unpaired) electrons. The van der Waals surface area contributed by atoms with Gasteiger partial charge >= 0.3 is 11.9 Å². The lowest BCUT2D eigenvalue weighted by Gasteiger charge is -2.01. The molecule has 0 aliphatic heterocycles. The molecule has 0 aromatic heterocycles. The van der Waals surface area contributed by atoms with Crippen LogP contribution in [-0.2, 0) is 28.7 Å². The van der Waals surface area contributed by atoms with Gasteiger partial charge < -0.3 is 9.47 Å². The topological polar surface area (TPSA) is 86.7 Å². The zero-order chi connectivity index (χ0) is 12.6. The number of Topliss-reactive ketones (excluding diaryl/α,β-unsaturated/α-hetero) is 2. The maximum Gasteiger partial charge on any atom is 0.313 e. The van der Waals surface area contributed by atoms with Crippen LogP contribution in [0.1, 0.15) is 26.7 Å². The molecule has 0 saturated carbocycles. The van der Waals surface area contributed by atoms with E-state index in [0.717, 1.165) is 6.92 Å². The van der Waals surface area contributed by atoms with Crippen LogP contribution in [0, 0.1) is 0 Å². The van der Waals surface area contributed by atoms with Gasteiger partial charge in [-0.15, -0.1) is 0 Å². The van der Waals surface area contributed by atoms with Crippen molar-refractivity contribution in [2.75, 3.05) is 13.2 Å². The maximum atomic E-state index is 11.1. The fraction of sp³-hybridized carbons (Fsp3) is 0.600. The Morgan fingerprint density at radius 1 is 0.938 bits per heavy atom. The molecule has 0 saturated heterocycles. The van der Waals surface area contributed by atoms with E-state index in [1.807, 2.05) is 0 Å². The molecule has 90 valence electrons. The van der Waals surface area contributed by atoms with Crippen LogP contribution in [-0.4, -0.2) is 36.7 Å². The highest BCUT2D eigenvalue weighted by Gasteiger charge is 2.15. The predicted molar refractivity (Wildman–Crippen MR) is 52.5 cm³/mol. The van der Waals surface area contributed by atoms with Crippen molar-refractivity contribution in [2.45, 2.75) is 26.7 Å². The molecule has 6 nitrogen and oxygen atoms in total. The lowest BCUT2D eigenvalue weighted by molar-refractivity contribution is -0.148. The summed E-state index contributed by atoms with van der Waals surface area (Å²) in [5, 5.41) is 0. The highest BCUT2D eigenvalue weighted by molar-refractivity contribution is 6.06. The summed E-state index contributed by atoms with van der Waals surface area (Å²) in [5.41, 5.74) is 0. The molecule has 16 heavy (non-hydrogen) atoms. The SMILES string of the molecule is CCOC(=O)CC(=O)CC(=O)COC(C)=O. The summed E-state index contributed by atoms with van der Waals surface area (Å²) in [6.07, 6.45) is -0.855. The van der Waals surface area contributed by atoms with Gasteiger partial charge in [-0.3, -0.25) is 19.2 Å². The van der Waals surface area contributed by atoms with E-state index in [9.17, 15) is 19.2 Å². The molecule has 0 atom stereocenters. The van der Waals surface area contributed by atoms with Gasteiger partial charge in [0.2, 0.25) is 0 Å². The van der Waals surface area contributed by atoms with Gasteiger partial charge in [-0.05, 0) is 6.92 Å². The summed E-state index contributed by atoms with van der Waals surface area (Å²) in [6, 6.07) is 0. The smallest absolute Gasteiger partial charge is 0.313 e. The number of carbonyl (C=O) groups excluding carboxylic acids is 4. The molecule has 0 aromatic carbocycles. The first kappa shape index (κ1) is 14.3. The second-order valence-corrected chi connectivity index (χ2v) is 3.02. The molecule has 6 heteroatoms. The first-order valence-corrected chi connectivity index (χ1v) is 4.78. The summed E-state index contributed by atoms with van der Waals surface area (Å²) in [7, 11) is 0. The van der Waals surface area contributed by atoms with E-state index in [1.165, 1.54) is 0 Å². The van der Waals surface area contributed by atoms with Crippen LogP contribution in [0.25, 0.3) is 0 Å². The van der Waals surface area contributed by atoms with Crippen LogP contribution in [0.3, 0.4) is 0 Å². The van der Waals surface area contributed by atoms with E-state index in [2.05, 4.69) is 9.47 Å². The molecule has 0 aliphatic carbocycles. The van der Waals surface area contributed by atoms with Gasteiger partial charge in [0.25, 0.3) is 0 Å². The standard InChI is InChI=1S/C10H14O6/c1-3-15-10(14)5-8(12)4-9(13)6-16-7(2)11/h3-6H2,1-2H3. The number of hydrogen-bond donors (Lipinski definition) is 0. The predicted octanol–water partition coefficient (Wildman–Crippen LogP) is 0.0310. The average Bonchev–Trinajstić information content (AvgIpc) is 2.14. The minimum atomic E-state index is -0.659. The second-order valence-electron chi connectivity index (χ2n) is 3.02. The van der Waals surface area contributed by atoms with E-state index in [1.54, 1.807) is 6.92 Å². The third kappa shape index (κ3) is 7.66. The van der Waals surface area contributed by atoms with Crippen molar-refractivity contribution in [2.24, 2.45) is 0 Å². The Hall–Kier alpha value is -1.72. The minimum Gasteiger partial charge on any atom is -0.466 e. The molecule has 0 unspecified atom stereocenters. The quantitative estimate of drug-likeness (QED) is 0.453. The Balaban J connectivity index is 3.82. The third-order valence-corrected chi connectivity index (χ3v) is 1.48. The third-order valence-electron chi connectivity index (χ3n) is 1.48. The molecule has 0 spiro atoms. The van der Waals surface area contributed by atoms with Crippen molar-refractivity contribution < 1.29 is 28.7 Å². The van der Waals surface area contributed by atoms with E-state index in [0.29, 0.717) is 0 Å². The zero-order valence-corrected chi connectivity index (χ0v) is 9.28. The monoisotopic (exact) mass is 230 g/mol. The summed E-state index contributed by atoms with van der Waals surface area (Å²) >= 11 is 0. The van der Waals surface area contributed by atoms with Gasteiger partial charge in [0.1, 0.15) is 13.0 Å². The van der Waals surface area contributed by atoms with E-state index in [-0.39, 0.29) is 6.61 Å². The molecule has 0 aromatic rings. The average molecular weight is 230 g/mol. The van der Waals surface area contributed by atoms with Gasteiger partial charge in [-0.2, -0.15) is 0 Å². The Kier molecular flexibility index (Phi) is 6.74. The van der Waals surface area contributed by atoms with Crippen LogP contribution in [0.4, 0.5) is 0 Å². The van der Waals surface area contributed by atoms with Gasteiger partial charge in [0.15, 0.2) is 11.6 Å². The van der Waals surface area contributed by atoms with Crippen molar-refractivity contribution >= 4 is 23.5 Å². The molecule has 0 amide bonds. The number of rotatable bonds is 7. The van der Waals surface area contributed by atoms with Crippen molar-refractivity contribution in [3.63, 3.8) is 0 Å². The molecular weight excluding hydrogens is 216 g/mol. The highest BCUT2D eigenvalue weighted by atomic mass is 16.5. The summed E-state index contributed by atoms with van der Waals surface area (Å²) < 4.78 is 8.94. The number of ether oxygens (including phenoxy) is 2. The van der Waals surface area contributed by atoms with Crippen LogP contribution in [0.15, 0.2) is 0 Å². The minimum absolute atomic E-state index is 0.188. The fourth-order valence-corrected chi connectivity index (χ4v) is 0.889. The number of hydrogen-bond acceptors (Lipinski definition) is 6.